The molecule has 0 amide bonds. The van der Waals surface area contributed by atoms with Crippen LogP contribution < -0.4 is 5.06 Å². The molecule has 0 aliphatic heterocycles. The molecule has 0 rings (SSSR count). The van der Waals surface area contributed by atoms with Gasteiger partial charge in [0.05, 0.1) is 14.1 Å². The Labute approximate surface area is 109 Å². The Bertz CT molecular complexity index is 103. The maximum atomic E-state index is 9.44. The van der Waals surface area contributed by atoms with E-state index in [0.717, 1.165) is 0 Å². The Morgan fingerprint density at radius 3 is 0.941 bits per heavy atom. The number of rotatable bonds is 10. The number of unbranched alkanes of at least 4 members (excludes halogenated alkanes) is 10. The Kier molecular flexibility index (Phi) is 20.7. The van der Waals surface area contributed by atoms with E-state index < -0.39 is 0 Å². The molecule has 0 aromatic rings. The molecule has 1 N–H and O–H groups in total. The van der Waals surface area contributed by atoms with E-state index in [1.807, 2.05) is 0 Å². The zero-order chi connectivity index (χ0) is 13.4. The smallest absolute Gasteiger partial charge is 0.0660 e. The van der Waals surface area contributed by atoms with Gasteiger partial charge in [0.2, 0.25) is 0 Å². The highest BCUT2D eigenvalue weighted by Gasteiger charge is 1.90. The van der Waals surface area contributed by atoms with Gasteiger partial charge in [-0.3, -0.25) is 0 Å². The van der Waals surface area contributed by atoms with Gasteiger partial charge in [-0.1, -0.05) is 84.5 Å². The van der Waals surface area contributed by atoms with Crippen molar-refractivity contribution in [2.45, 2.75) is 84.5 Å². The van der Waals surface area contributed by atoms with E-state index in [9.17, 15) is 5.21 Å². The van der Waals surface area contributed by atoms with E-state index in [1.54, 1.807) is 0 Å². The molecule has 0 atom stereocenters. The van der Waals surface area contributed by atoms with Crippen molar-refractivity contribution < 1.29 is 5.06 Å². The van der Waals surface area contributed by atoms with Crippen LogP contribution in [0, 0.1) is 5.21 Å². The fourth-order valence-electron chi connectivity index (χ4n) is 1.74. The predicted octanol–water partition coefficient (Wildman–Crippen LogP) is 3.95. The van der Waals surface area contributed by atoms with Gasteiger partial charge < -0.3 is 10.3 Å². The SMILES string of the molecule is CCCCCCCCCCCCC.C[NH+](C)[O-]. The van der Waals surface area contributed by atoms with Gasteiger partial charge in [0.25, 0.3) is 0 Å². The van der Waals surface area contributed by atoms with E-state index in [1.165, 1.54) is 84.7 Å². The molecule has 0 saturated heterocycles. The average Bonchev–Trinajstić information content (AvgIpc) is 2.26. The molecule has 0 unspecified atom stereocenters. The molecule has 0 aliphatic carbocycles. The van der Waals surface area contributed by atoms with Gasteiger partial charge in [-0.05, 0) is 0 Å². The third-order valence-electron chi connectivity index (χ3n) is 2.71. The topological polar surface area (TPSA) is 27.5 Å². The molecule has 0 aliphatic rings. The number of quaternary nitrogens is 1. The molecule has 0 bridgehead atoms. The van der Waals surface area contributed by atoms with Crippen molar-refractivity contribution in [3.63, 3.8) is 0 Å². The second kappa shape index (κ2) is 18.3. The molecule has 0 radical (unpaired) electrons. The largest absolute Gasteiger partial charge is 0.635 e. The van der Waals surface area contributed by atoms with Crippen molar-refractivity contribution in [3.8, 4) is 0 Å². The molecule has 2 nitrogen and oxygen atoms in total. The number of nitrogens with one attached hydrogen (secondary N) is 1. The zero-order valence-corrected chi connectivity index (χ0v) is 12.7. The van der Waals surface area contributed by atoms with Crippen LogP contribution in [0.3, 0.4) is 0 Å². The lowest BCUT2D eigenvalue weighted by atomic mass is 10.1. The van der Waals surface area contributed by atoms with E-state index in [-0.39, 0.29) is 5.06 Å². The standard InChI is InChI=1S/C13H28.C2H7NO/c1-3-5-7-9-11-13-12-10-8-6-4-2;1-3(2)4/h3-13H2,1-2H3;3H,1-2H3. The van der Waals surface area contributed by atoms with E-state index in [2.05, 4.69) is 13.8 Å². The summed E-state index contributed by atoms with van der Waals surface area (Å²) in [7, 11) is 3.06. The second-order valence-electron chi connectivity index (χ2n) is 5.09. The van der Waals surface area contributed by atoms with Crippen LogP contribution in [0.25, 0.3) is 0 Å². The van der Waals surface area contributed by atoms with E-state index in [4.69, 9.17) is 0 Å². The monoisotopic (exact) mass is 245 g/mol. The van der Waals surface area contributed by atoms with Gasteiger partial charge in [-0.25, -0.2) is 0 Å². The Hall–Kier alpha value is -0.0800. The molecule has 2 heteroatoms. The number of hydrogen-bond donors (Lipinski definition) is 1. The zero-order valence-electron chi connectivity index (χ0n) is 12.7. The maximum absolute atomic E-state index is 9.44. The normalized spacial score (nSPS) is 10.2. The van der Waals surface area contributed by atoms with Gasteiger partial charge in [-0.2, -0.15) is 0 Å². The highest BCUT2D eigenvalue weighted by molar-refractivity contribution is 4.46. The van der Waals surface area contributed by atoms with Gasteiger partial charge in [0.1, 0.15) is 0 Å². The van der Waals surface area contributed by atoms with Crippen LogP contribution >= 0.6 is 0 Å². The van der Waals surface area contributed by atoms with Crippen molar-refractivity contribution in [1.29, 1.82) is 0 Å². The van der Waals surface area contributed by atoms with Gasteiger partial charge >= 0.3 is 0 Å². The third-order valence-corrected chi connectivity index (χ3v) is 2.71. The van der Waals surface area contributed by atoms with Crippen molar-refractivity contribution in [2.75, 3.05) is 14.1 Å². The van der Waals surface area contributed by atoms with Gasteiger partial charge in [-0.15, -0.1) is 0 Å². The van der Waals surface area contributed by atoms with Crippen LogP contribution in [-0.4, -0.2) is 14.1 Å². The Balaban J connectivity index is 0. The molecule has 0 aromatic carbocycles. The lowest BCUT2D eigenvalue weighted by molar-refractivity contribution is -0.802. The summed E-state index contributed by atoms with van der Waals surface area (Å²) in [4.78, 5) is 0. The molecule has 106 valence electrons. The lowest BCUT2D eigenvalue weighted by Crippen LogP contribution is -3.00. The molecule has 0 aromatic heterocycles. The summed E-state index contributed by atoms with van der Waals surface area (Å²) in [6, 6.07) is 0. The minimum atomic E-state index is 0.167. The summed E-state index contributed by atoms with van der Waals surface area (Å²) in [5, 5.41) is 9.61. The van der Waals surface area contributed by atoms with Crippen LogP contribution in [0.15, 0.2) is 0 Å². The van der Waals surface area contributed by atoms with Crippen LogP contribution in [0.2, 0.25) is 0 Å². The minimum Gasteiger partial charge on any atom is -0.635 e. The first-order valence-corrected chi connectivity index (χ1v) is 7.62. The molecular weight excluding hydrogens is 210 g/mol. The third kappa shape index (κ3) is 31.3. The molecule has 17 heavy (non-hydrogen) atoms. The van der Waals surface area contributed by atoms with Crippen molar-refractivity contribution in [1.82, 2.24) is 0 Å². The molecule has 0 fully saturated rings. The Morgan fingerprint density at radius 2 is 0.765 bits per heavy atom. The van der Waals surface area contributed by atoms with Crippen LogP contribution in [-0.2, 0) is 0 Å². The van der Waals surface area contributed by atoms with E-state index >= 15 is 0 Å². The second-order valence-corrected chi connectivity index (χ2v) is 5.09. The molecule has 0 heterocycles. The summed E-state index contributed by atoms with van der Waals surface area (Å²) in [6.45, 7) is 4.56. The van der Waals surface area contributed by atoms with Crippen LogP contribution in [0.5, 0.6) is 0 Å². The molecule has 0 saturated carbocycles. The van der Waals surface area contributed by atoms with Crippen LogP contribution in [0.4, 0.5) is 0 Å². The van der Waals surface area contributed by atoms with Crippen LogP contribution in [0.1, 0.15) is 84.5 Å². The minimum absolute atomic E-state index is 0.167. The average molecular weight is 245 g/mol. The summed E-state index contributed by atoms with van der Waals surface area (Å²) < 4.78 is 0. The highest BCUT2D eigenvalue weighted by Crippen LogP contribution is 2.10. The summed E-state index contributed by atoms with van der Waals surface area (Å²) >= 11 is 0. The first kappa shape index (κ1) is 19.3. The summed E-state index contributed by atoms with van der Waals surface area (Å²) in [6.07, 6.45) is 15.9. The Morgan fingerprint density at radius 1 is 0.588 bits per heavy atom. The van der Waals surface area contributed by atoms with Crippen molar-refractivity contribution in [3.05, 3.63) is 5.21 Å². The molecule has 0 spiro atoms. The summed E-state index contributed by atoms with van der Waals surface area (Å²) in [5.74, 6) is 0. The van der Waals surface area contributed by atoms with Crippen molar-refractivity contribution >= 4 is 0 Å². The molecular formula is C15H35NO. The summed E-state index contributed by atoms with van der Waals surface area (Å²) in [5.41, 5.74) is 0. The fraction of sp³-hybridized carbons (Fsp3) is 1.00. The van der Waals surface area contributed by atoms with Gasteiger partial charge in [0.15, 0.2) is 0 Å². The highest BCUT2D eigenvalue weighted by atomic mass is 16.5. The predicted molar refractivity (Wildman–Crippen MR) is 78.3 cm³/mol. The number of hydroxylamine groups is 2. The quantitative estimate of drug-likeness (QED) is 0.458. The lowest BCUT2D eigenvalue weighted by Gasteiger charge is -2.04. The van der Waals surface area contributed by atoms with Crippen molar-refractivity contribution in [2.24, 2.45) is 0 Å². The maximum Gasteiger partial charge on any atom is 0.0660 e. The number of hydrogen-bond acceptors (Lipinski definition) is 1. The van der Waals surface area contributed by atoms with Gasteiger partial charge in [0, 0.05) is 0 Å². The first-order valence-electron chi connectivity index (χ1n) is 7.62. The first-order chi connectivity index (χ1) is 8.15. The fourth-order valence-corrected chi connectivity index (χ4v) is 1.74. The van der Waals surface area contributed by atoms with E-state index in [0.29, 0.717) is 0 Å².